The van der Waals surface area contributed by atoms with E-state index in [1.165, 1.54) is 13.2 Å². The van der Waals surface area contributed by atoms with Gasteiger partial charge in [-0.15, -0.1) is 0 Å². The van der Waals surface area contributed by atoms with Crippen molar-refractivity contribution in [3.63, 3.8) is 0 Å². The highest BCUT2D eigenvalue weighted by Gasteiger charge is 2.19. The van der Waals surface area contributed by atoms with Gasteiger partial charge in [0, 0.05) is 19.2 Å². The van der Waals surface area contributed by atoms with Crippen molar-refractivity contribution in [2.75, 3.05) is 34.4 Å². The lowest BCUT2D eigenvalue weighted by molar-refractivity contribution is -0.146. The van der Waals surface area contributed by atoms with Gasteiger partial charge in [-0.05, 0) is 30.2 Å². The Morgan fingerprint density at radius 2 is 1.84 bits per heavy atom. The van der Waals surface area contributed by atoms with E-state index >= 15 is 0 Å². The molecular weight excluding hydrogens is 322 g/mol. The van der Waals surface area contributed by atoms with E-state index in [2.05, 4.69) is 0 Å². The number of methoxy groups -OCH3 is 3. The zero-order chi connectivity index (χ0) is 18.8. The molecule has 0 saturated carbocycles. The van der Waals surface area contributed by atoms with Crippen molar-refractivity contribution in [2.24, 2.45) is 5.92 Å². The minimum absolute atomic E-state index is 0.146. The van der Waals surface area contributed by atoms with Crippen molar-refractivity contribution in [3.8, 4) is 11.5 Å². The van der Waals surface area contributed by atoms with Crippen LogP contribution < -0.4 is 9.47 Å². The van der Waals surface area contributed by atoms with Crippen LogP contribution in [0.3, 0.4) is 0 Å². The first-order valence-corrected chi connectivity index (χ1v) is 8.23. The Morgan fingerprint density at radius 3 is 2.40 bits per heavy atom. The predicted molar refractivity (Wildman–Crippen MR) is 96.6 cm³/mol. The number of benzene rings is 1. The van der Waals surface area contributed by atoms with Crippen LogP contribution in [0.25, 0.3) is 6.08 Å². The fourth-order valence-electron chi connectivity index (χ4n) is 2.40. The first kappa shape index (κ1) is 20.5. The third-order valence-corrected chi connectivity index (χ3v) is 3.73. The molecule has 138 valence electrons. The second-order valence-corrected chi connectivity index (χ2v) is 5.66. The largest absolute Gasteiger partial charge is 0.493 e. The first-order chi connectivity index (χ1) is 12.0. The Kier molecular flexibility index (Phi) is 8.53. The average Bonchev–Trinajstić information content (AvgIpc) is 2.64. The van der Waals surface area contributed by atoms with E-state index in [0.717, 1.165) is 12.0 Å². The molecule has 6 heteroatoms. The van der Waals surface area contributed by atoms with Crippen LogP contribution in [0, 0.1) is 5.92 Å². The van der Waals surface area contributed by atoms with E-state index in [0.29, 0.717) is 24.6 Å². The molecule has 0 aliphatic rings. The summed E-state index contributed by atoms with van der Waals surface area (Å²) in [4.78, 5) is 25.7. The Balaban J connectivity index is 2.85. The summed E-state index contributed by atoms with van der Waals surface area (Å²) < 4.78 is 15.2. The van der Waals surface area contributed by atoms with Gasteiger partial charge in [0.1, 0.15) is 0 Å². The highest BCUT2D eigenvalue weighted by Crippen LogP contribution is 2.28. The van der Waals surface area contributed by atoms with Crippen molar-refractivity contribution in [2.45, 2.75) is 20.3 Å². The van der Waals surface area contributed by atoms with E-state index in [1.54, 1.807) is 44.3 Å². The molecule has 1 aromatic rings. The van der Waals surface area contributed by atoms with Gasteiger partial charge in [-0.3, -0.25) is 9.59 Å². The van der Waals surface area contributed by atoms with Crippen molar-refractivity contribution in [3.05, 3.63) is 29.8 Å². The maximum absolute atomic E-state index is 12.5. The second-order valence-electron chi connectivity index (χ2n) is 5.66. The van der Waals surface area contributed by atoms with Gasteiger partial charge in [-0.2, -0.15) is 0 Å². The van der Waals surface area contributed by atoms with Crippen LogP contribution in [0.1, 0.15) is 25.8 Å². The molecule has 0 spiro atoms. The van der Waals surface area contributed by atoms with Crippen LogP contribution in [0.5, 0.6) is 11.5 Å². The molecule has 6 nitrogen and oxygen atoms in total. The zero-order valence-electron chi connectivity index (χ0n) is 15.6. The molecule has 0 heterocycles. The smallest absolute Gasteiger partial charge is 0.310 e. The molecule has 1 unspecified atom stereocenters. The molecule has 0 N–H and O–H groups in total. The van der Waals surface area contributed by atoms with E-state index in [4.69, 9.17) is 14.2 Å². The predicted octanol–water partition coefficient (Wildman–Crippen LogP) is 2.76. The lowest BCUT2D eigenvalue weighted by Crippen LogP contribution is -2.36. The summed E-state index contributed by atoms with van der Waals surface area (Å²) >= 11 is 0. The summed E-state index contributed by atoms with van der Waals surface area (Å²) in [6, 6.07) is 5.42. The number of hydrogen-bond acceptors (Lipinski definition) is 5. The Morgan fingerprint density at radius 1 is 1.16 bits per heavy atom. The van der Waals surface area contributed by atoms with Gasteiger partial charge in [0.15, 0.2) is 11.5 Å². The van der Waals surface area contributed by atoms with Crippen LogP contribution in [0.15, 0.2) is 24.3 Å². The molecule has 25 heavy (non-hydrogen) atoms. The SMILES string of the molecule is CCCN(CC(C)C(=O)OC)C(=O)/C=C/c1ccc(OC)c(OC)c1. The Hall–Kier alpha value is -2.50. The van der Waals surface area contributed by atoms with Crippen molar-refractivity contribution < 1.29 is 23.8 Å². The molecule has 0 aromatic heterocycles. The standard InChI is InChI=1S/C19H27NO5/c1-6-11-20(13-14(2)19(22)25-5)18(21)10-8-15-7-9-16(23-3)17(12-15)24-4/h7-10,12,14H,6,11,13H2,1-5H3/b10-8+. The molecule has 1 amide bonds. The van der Waals surface area contributed by atoms with E-state index in [-0.39, 0.29) is 17.8 Å². The summed E-state index contributed by atoms with van der Waals surface area (Å²) in [5, 5.41) is 0. The normalized spacial score (nSPS) is 11.9. The fraction of sp³-hybridized carbons (Fsp3) is 0.474. The number of hydrogen-bond donors (Lipinski definition) is 0. The Labute approximate surface area is 149 Å². The highest BCUT2D eigenvalue weighted by atomic mass is 16.5. The van der Waals surface area contributed by atoms with E-state index in [1.807, 2.05) is 13.0 Å². The molecule has 0 fully saturated rings. The molecule has 0 aliphatic heterocycles. The maximum atomic E-state index is 12.5. The van der Waals surface area contributed by atoms with Gasteiger partial charge < -0.3 is 19.1 Å². The molecular formula is C19H27NO5. The van der Waals surface area contributed by atoms with Gasteiger partial charge >= 0.3 is 5.97 Å². The van der Waals surface area contributed by atoms with Gasteiger partial charge in [0.05, 0.1) is 27.2 Å². The third kappa shape index (κ3) is 6.14. The zero-order valence-corrected chi connectivity index (χ0v) is 15.6. The lowest BCUT2D eigenvalue weighted by Gasteiger charge is -2.23. The maximum Gasteiger partial charge on any atom is 0.310 e. The van der Waals surface area contributed by atoms with E-state index in [9.17, 15) is 9.59 Å². The van der Waals surface area contributed by atoms with E-state index < -0.39 is 0 Å². The highest BCUT2D eigenvalue weighted by molar-refractivity contribution is 5.92. The van der Waals surface area contributed by atoms with Gasteiger partial charge in [0.25, 0.3) is 0 Å². The number of esters is 1. The quantitative estimate of drug-likeness (QED) is 0.507. The monoisotopic (exact) mass is 349 g/mol. The lowest BCUT2D eigenvalue weighted by atomic mass is 10.1. The number of carbonyl (C=O) groups is 2. The van der Waals surface area contributed by atoms with Crippen LogP contribution in [0.2, 0.25) is 0 Å². The molecule has 0 aliphatic carbocycles. The minimum atomic E-state index is -0.366. The third-order valence-electron chi connectivity index (χ3n) is 3.73. The van der Waals surface area contributed by atoms with Crippen LogP contribution >= 0.6 is 0 Å². The molecule has 0 saturated heterocycles. The summed E-state index contributed by atoms with van der Waals surface area (Å²) in [6.07, 6.45) is 4.03. The minimum Gasteiger partial charge on any atom is -0.493 e. The number of ether oxygens (including phenoxy) is 3. The topological polar surface area (TPSA) is 65.1 Å². The number of nitrogens with zero attached hydrogens (tertiary/aromatic N) is 1. The molecule has 1 aromatic carbocycles. The number of amides is 1. The van der Waals surface area contributed by atoms with Crippen molar-refractivity contribution >= 4 is 18.0 Å². The first-order valence-electron chi connectivity index (χ1n) is 8.23. The summed E-state index contributed by atoms with van der Waals surface area (Å²) in [7, 11) is 4.48. The second kappa shape index (κ2) is 10.4. The van der Waals surface area contributed by atoms with Crippen LogP contribution in [-0.2, 0) is 14.3 Å². The summed E-state index contributed by atoms with van der Waals surface area (Å²) in [5.74, 6) is 0.396. The Bertz CT molecular complexity index is 612. The van der Waals surface area contributed by atoms with Gasteiger partial charge in [-0.25, -0.2) is 0 Å². The molecule has 1 rings (SSSR count). The molecule has 0 radical (unpaired) electrons. The fourth-order valence-corrected chi connectivity index (χ4v) is 2.40. The van der Waals surface area contributed by atoms with Crippen molar-refractivity contribution in [1.82, 2.24) is 4.90 Å². The summed E-state index contributed by atoms with van der Waals surface area (Å²) in [6.45, 7) is 4.65. The van der Waals surface area contributed by atoms with Crippen molar-refractivity contribution in [1.29, 1.82) is 0 Å². The summed E-state index contributed by atoms with van der Waals surface area (Å²) in [5.41, 5.74) is 0.823. The number of carbonyl (C=O) groups excluding carboxylic acids is 2. The molecule has 0 bridgehead atoms. The van der Waals surface area contributed by atoms with Crippen LogP contribution in [0.4, 0.5) is 0 Å². The number of rotatable bonds is 9. The van der Waals surface area contributed by atoms with Gasteiger partial charge in [-0.1, -0.05) is 19.9 Å². The average molecular weight is 349 g/mol. The van der Waals surface area contributed by atoms with Gasteiger partial charge in [0.2, 0.25) is 5.91 Å². The molecule has 1 atom stereocenters. The van der Waals surface area contributed by atoms with Crippen LogP contribution in [-0.4, -0.2) is 51.2 Å².